The molecule has 0 atom stereocenters. The Balaban J connectivity index is 2.08. The Kier molecular flexibility index (Phi) is 3.47. The second kappa shape index (κ2) is 5.20. The zero-order valence-electron chi connectivity index (χ0n) is 10.5. The minimum absolute atomic E-state index is 0.116. The van der Waals surface area contributed by atoms with E-state index in [0.29, 0.717) is 6.07 Å². The molecule has 0 aliphatic heterocycles. The van der Waals surface area contributed by atoms with E-state index >= 15 is 0 Å². The summed E-state index contributed by atoms with van der Waals surface area (Å²) in [6.45, 7) is 0. The van der Waals surface area contributed by atoms with E-state index in [2.05, 4.69) is 31.0 Å². The van der Waals surface area contributed by atoms with Crippen LogP contribution < -0.4 is 4.74 Å². The lowest BCUT2D eigenvalue weighted by Gasteiger charge is -2.11. The molecule has 0 bridgehead atoms. The van der Waals surface area contributed by atoms with E-state index < -0.39 is 17.7 Å². The van der Waals surface area contributed by atoms with Gasteiger partial charge in [-0.05, 0) is 34.1 Å². The first-order chi connectivity index (χ1) is 10.3. The van der Waals surface area contributed by atoms with Crippen molar-refractivity contribution < 1.29 is 22.3 Å². The molecule has 0 saturated heterocycles. The smallest absolute Gasteiger partial charge is 0.433 e. The average molecular weight is 377 g/mol. The molecule has 22 heavy (non-hydrogen) atoms. The number of fused-ring (bicyclic) bond motifs is 1. The van der Waals surface area contributed by atoms with Gasteiger partial charge < -0.3 is 4.74 Å². The molecule has 0 radical (unpaired) electrons. The third-order valence-corrected chi connectivity index (χ3v) is 3.23. The predicted octanol–water partition coefficient (Wildman–Crippen LogP) is 3.84. The molecule has 3 rings (SSSR count). The van der Waals surface area contributed by atoms with Crippen LogP contribution in [0.1, 0.15) is 5.69 Å². The van der Waals surface area contributed by atoms with Gasteiger partial charge in [0, 0.05) is 6.07 Å². The van der Waals surface area contributed by atoms with Gasteiger partial charge in [0.25, 0.3) is 5.78 Å². The molecule has 0 N–H and O–H groups in total. The first-order valence-corrected chi connectivity index (χ1v) is 6.55. The first-order valence-electron chi connectivity index (χ1n) is 5.75. The highest BCUT2D eigenvalue weighted by Crippen LogP contribution is 2.32. The number of benzene rings is 1. The summed E-state index contributed by atoms with van der Waals surface area (Å²) < 4.78 is 58.1. The lowest BCUT2D eigenvalue weighted by molar-refractivity contribution is -0.141. The minimum atomic E-state index is -4.66. The molecule has 0 aliphatic rings. The van der Waals surface area contributed by atoms with E-state index in [1.54, 1.807) is 0 Å². The monoisotopic (exact) mass is 376 g/mol. The van der Waals surface area contributed by atoms with Crippen molar-refractivity contribution in [3.8, 4) is 11.6 Å². The molecule has 2 heterocycles. The summed E-state index contributed by atoms with van der Waals surface area (Å²) in [6, 6.07) is 4.37. The van der Waals surface area contributed by atoms with Crippen LogP contribution in [0.2, 0.25) is 0 Å². The van der Waals surface area contributed by atoms with Crippen molar-refractivity contribution in [2.24, 2.45) is 0 Å². The maximum atomic E-state index is 13.2. The van der Waals surface area contributed by atoms with Crippen molar-refractivity contribution >= 4 is 21.7 Å². The summed E-state index contributed by atoms with van der Waals surface area (Å²) in [5.74, 6) is -0.896. The summed E-state index contributed by atoms with van der Waals surface area (Å²) in [5.41, 5.74) is -1.16. The van der Waals surface area contributed by atoms with Crippen molar-refractivity contribution in [1.29, 1.82) is 0 Å². The van der Waals surface area contributed by atoms with Crippen LogP contribution in [0.5, 0.6) is 11.6 Å². The topological polar surface area (TPSA) is 52.3 Å². The molecule has 3 aromatic rings. The second-order valence-electron chi connectivity index (χ2n) is 4.13. The van der Waals surface area contributed by atoms with Crippen LogP contribution in [0.15, 0.2) is 35.1 Å². The number of aromatic nitrogens is 4. The van der Waals surface area contributed by atoms with Crippen LogP contribution in [-0.2, 0) is 6.18 Å². The fourth-order valence-corrected chi connectivity index (χ4v) is 2.02. The highest BCUT2D eigenvalue weighted by molar-refractivity contribution is 9.10. The van der Waals surface area contributed by atoms with E-state index in [1.165, 1.54) is 12.1 Å². The van der Waals surface area contributed by atoms with E-state index in [4.69, 9.17) is 4.74 Å². The zero-order chi connectivity index (χ0) is 15.9. The van der Waals surface area contributed by atoms with Crippen LogP contribution in [0.4, 0.5) is 17.6 Å². The van der Waals surface area contributed by atoms with Crippen LogP contribution in [0.25, 0.3) is 5.78 Å². The first kappa shape index (κ1) is 14.7. The normalized spacial score (nSPS) is 11.9. The molecule has 0 amide bonds. The minimum Gasteiger partial charge on any atom is -0.439 e. The van der Waals surface area contributed by atoms with Crippen molar-refractivity contribution in [2.45, 2.75) is 6.18 Å². The molecule has 0 aliphatic carbocycles. The summed E-state index contributed by atoms with van der Waals surface area (Å²) in [4.78, 5) is 6.97. The Morgan fingerprint density at radius 3 is 2.64 bits per heavy atom. The molecule has 0 saturated carbocycles. The van der Waals surface area contributed by atoms with Gasteiger partial charge in [0.15, 0.2) is 5.69 Å². The van der Waals surface area contributed by atoms with Gasteiger partial charge >= 0.3 is 6.18 Å². The van der Waals surface area contributed by atoms with E-state index in [1.807, 2.05) is 0 Å². The number of alkyl halides is 3. The SMILES string of the molecule is Fc1ccc(Oc2cc(C(F)(F)F)nc3ncnn23)cc1Br. The summed E-state index contributed by atoms with van der Waals surface area (Å²) in [6.07, 6.45) is -3.61. The van der Waals surface area contributed by atoms with E-state index in [-0.39, 0.29) is 21.9 Å². The van der Waals surface area contributed by atoms with Crippen LogP contribution in [0.3, 0.4) is 0 Å². The molecule has 1 aromatic carbocycles. The Bertz CT molecular complexity index is 849. The van der Waals surface area contributed by atoms with Crippen LogP contribution >= 0.6 is 15.9 Å². The zero-order valence-corrected chi connectivity index (χ0v) is 12.1. The maximum Gasteiger partial charge on any atom is 0.433 e. The average Bonchev–Trinajstić information content (AvgIpc) is 2.90. The Morgan fingerprint density at radius 1 is 1.18 bits per heavy atom. The fraction of sp³-hybridized carbons (Fsp3) is 0.0833. The van der Waals surface area contributed by atoms with Crippen LogP contribution in [0, 0.1) is 5.82 Å². The molecule has 114 valence electrons. The van der Waals surface area contributed by atoms with Gasteiger partial charge in [0.05, 0.1) is 4.47 Å². The number of ether oxygens (including phenoxy) is 1. The summed E-state index contributed by atoms with van der Waals surface area (Å²) in [7, 11) is 0. The van der Waals surface area contributed by atoms with Crippen LogP contribution in [-0.4, -0.2) is 19.6 Å². The third-order valence-electron chi connectivity index (χ3n) is 2.62. The predicted molar refractivity (Wildman–Crippen MR) is 70.0 cm³/mol. The van der Waals surface area contributed by atoms with E-state index in [0.717, 1.165) is 16.9 Å². The lowest BCUT2D eigenvalue weighted by atomic mass is 10.3. The van der Waals surface area contributed by atoms with Crippen molar-refractivity contribution in [3.63, 3.8) is 0 Å². The van der Waals surface area contributed by atoms with Crippen molar-refractivity contribution in [1.82, 2.24) is 19.6 Å². The van der Waals surface area contributed by atoms with Gasteiger partial charge in [0.1, 0.15) is 17.9 Å². The number of rotatable bonds is 2. The standard InChI is InChI=1S/C12H5BrF4N4O/c13-7-3-6(1-2-8(7)14)22-10-4-9(12(15,16)17)20-11-18-5-19-21(10)11/h1-5H. The molecule has 2 aromatic heterocycles. The Hall–Kier alpha value is -2.23. The maximum absolute atomic E-state index is 13.2. The van der Waals surface area contributed by atoms with Gasteiger partial charge in [-0.15, -0.1) is 0 Å². The number of hydrogen-bond donors (Lipinski definition) is 0. The van der Waals surface area contributed by atoms with Gasteiger partial charge in [-0.3, -0.25) is 0 Å². The highest BCUT2D eigenvalue weighted by Gasteiger charge is 2.34. The largest absolute Gasteiger partial charge is 0.439 e. The molecule has 10 heteroatoms. The van der Waals surface area contributed by atoms with Crippen molar-refractivity contribution in [2.75, 3.05) is 0 Å². The van der Waals surface area contributed by atoms with Crippen molar-refractivity contribution in [3.05, 3.63) is 46.6 Å². The van der Waals surface area contributed by atoms with Gasteiger partial charge in [0.2, 0.25) is 5.88 Å². The second-order valence-corrected chi connectivity index (χ2v) is 4.98. The number of nitrogens with zero attached hydrogens (tertiary/aromatic N) is 4. The number of hydrogen-bond acceptors (Lipinski definition) is 4. The fourth-order valence-electron chi connectivity index (χ4n) is 1.66. The van der Waals surface area contributed by atoms with Gasteiger partial charge in [-0.1, -0.05) is 0 Å². The molecule has 5 nitrogen and oxygen atoms in total. The Morgan fingerprint density at radius 2 is 1.95 bits per heavy atom. The molecule has 0 fully saturated rings. The third kappa shape index (κ3) is 2.73. The Labute approximate surface area is 128 Å². The molecule has 0 spiro atoms. The molecular weight excluding hydrogens is 372 g/mol. The summed E-state index contributed by atoms with van der Waals surface area (Å²) in [5, 5.41) is 3.74. The van der Waals surface area contributed by atoms with Gasteiger partial charge in [-0.25, -0.2) is 9.37 Å². The van der Waals surface area contributed by atoms with E-state index in [9.17, 15) is 17.6 Å². The summed E-state index contributed by atoms with van der Waals surface area (Å²) >= 11 is 2.97. The molecule has 0 unspecified atom stereocenters. The van der Waals surface area contributed by atoms with Gasteiger partial charge in [-0.2, -0.15) is 27.8 Å². The highest BCUT2D eigenvalue weighted by atomic mass is 79.9. The number of halogens is 5. The lowest BCUT2D eigenvalue weighted by Crippen LogP contribution is -2.10. The quantitative estimate of drug-likeness (QED) is 0.637. The molecular formula is C12H5BrF4N4O.